The second-order valence-corrected chi connectivity index (χ2v) is 8.80. The molecule has 0 saturated heterocycles. The molecule has 3 rings (SSSR count). The molecule has 3 aromatic carbocycles. The Hall–Kier alpha value is -4.05. The summed E-state index contributed by atoms with van der Waals surface area (Å²) in [4.78, 5) is 25.6. The summed E-state index contributed by atoms with van der Waals surface area (Å²) in [6.45, 7) is 2.37. The van der Waals surface area contributed by atoms with Crippen LogP contribution in [0.5, 0.6) is 5.75 Å². The van der Waals surface area contributed by atoms with Crippen LogP contribution in [0.25, 0.3) is 0 Å². The Bertz CT molecular complexity index is 1260. The molecule has 0 spiro atoms. The number of carbonyl (C=O) groups excluding carboxylic acids is 2. The standard InChI is InChI=1S/C24H25N3O6S/c1-4-33-21-14-10-19(11-15-21)26-34(30,31)22-7-5-6-17(16-22)23(28)25-18-8-12-20(13-9-18)27(2)24(29)32-3/h5-16,26H,4H2,1-3H3,(H,25,28). The normalized spacial score (nSPS) is 10.8. The zero-order valence-corrected chi connectivity index (χ0v) is 19.8. The van der Waals surface area contributed by atoms with Gasteiger partial charge in [-0.2, -0.15) is 0 Å². The van der Waals surface area contributed by atoms with Gasteiger partial charge in [0, 0.05) is 29.7 Å². The molecule has 0 bridgehead atoms. The van der Waals surface area contributed by atoms with E-state index in [4.69, 9.17) is 4.74 Å². The average Bonchev–Trinajstić information content (AvgIpc) is 2.85. The molecule has 0 atom stereocenters. The van der Waals surface area contributed by atoms with Crippen LogP contribution in [-0.4, -0.2) is 41.2 Å². The van der Waals surface area contributed by atoms with E-state index >= 15 is 0 Å². The van der Waals surface area contributed by atoms with Crippen LogP contribution in [0, 0.1) is 0 Å². The van der Waals surface area contributed by atoms with E-state index in [1.165, 1.54) is 36.3 Å². The molecule has 0 aliphatic rings. The van der Waals surface area contributed by atoms with Gasteiger partial charge in [0.1, 0.15) is 5.75 Å². The Morgan fingerprint density at radius 2 is 1.59 bits per heavy atom. The number of nitrogens with zero attached hydrogens (tertiary/aromatic N) is 1. The van der Waals surface area contributed by atoms with Crippen molar-refractivity contribution < 1.29 is 27.5 Å². The van der Waals surface area contributed by atoms with Gasteiger partial charge in [-0.1, -0.05) is 6.07 Å². The van der Waals surface area contributed by atoms with Crippen molar-refractivity contribution in [1.82, 2.24) is 0 Å². The largest absolute Gasteiger partial charge is 0.494 e. The zero-order valence-electron chi connectivity index (χ0n) is 18.9. The first-order chi connectivity index (χ1) is 16.2. The molecule has 0 aromatic heterocycles. The van der Waals surface area contributed by atoms with E-state index in [-0.39, 0.29) is 10.5 Å². The second kappa shape index (κ2) is 10.7. The SMILES string of the molecule is CCOc1ccc(NS(=O)(=O)c2cccc(C(=O)Nc3ccc(N(C)C(=O)OC)cc3)c2)cc1. The van der Waals surface area contributed by atoms with Crippen LogP contribution < -0.4 is 19.7 Å². The van der Waals surface area contributed by atoms with Crippen molar-refractivity contribution in [2.75, 3.05) is 35.7 Å². The van der Waals surface area contributed by atoms with Gasteiger partial charge in [0.15, 0.2) is 0 Å². The predicted molar refractivity (Wildman–Crippen MR) is 130 cm³/mol. The van der Waals surface area contributed by atoms with Crippen molar-refractivity contribution in [1.29, 1.82) is 0 Å². The molecule has 0 saturated carbocycles. The second-order valence-electron chi connectivity index (χ2n) is 7.12. The van der Waals surface area contributed by atoms with Crippen LogP contribution >= 0.6 is 0 Å². The van der Waals surface area contributed by atoms with E-state index in [1.807, 2.05) is 6.92 Å². The third kappa shape index (κ3) is 6.04. The fourth-order valence-electron chi connectivity index (χ4n) is 3.02. The van der Waals surface area contributed by atoms with Gasteiger partial charge in [-0.25, -0.2) is 13.2 Å². The summed E-state index contributed by atoms with van der Waals surface area (Å²) in [6.07, 6.45) is -0.520. The Kier molecular flexibility index (Phi) is 7.75. The third-order valence-electron chi connectivity index (χ3n) is 4.79. The molecule has 34 heavy (non-hydrogen) atoms. The number of methoxy groups -OCH3 is 1. The number of ether oxygens (including phenoxy) is 2. The first-order valence-corrected chi connectivity index (χ1v) is 11.8. The first kappa shape index (κ1) is 24.6. The maximum absolute atomic E-state index is 12.8. The van der Waals surface area contributed by atoms with Gasteiger partial charge >= 0.3 is 6.09 Å². The van der Waals surface area contributed by atoms with Gasteiger partial charge < -0.3 is 14.8 Å². The van der Waals surface area contributed by atoms with Crippen LogP contribution in [0.4, 0.5) is 21.9 Å². The zero-order chi connectivity index (χ0) is 24.7. The molecular formula is C24H25N3O6S. The summed E-state index contributed by atoms with van der Waals surface area (Å²) in [7, 11) is -1.06. The Labute approximate surface area is 198 Å². The summed E-state index contributed by atoms with van der Waals surface area (Å²) in [5, 5.41) is 2.71. The van der Waals surface area contributed by atoms with Gasteiger partial charge in [-0.3, -0.25) is 14.4 Å². The summed E-state index contributed by atoms with van der Waals surface area (Å²) in [5.74, 6) is 0.154. The number of anilines is 3. The number of amides is 2. The van der Waals surface area contributed by atoms with Gasteiger partial charge in [0.2, 0.25) is 0 Å². The van der Waals surface area contributed by atoms with Crippen molar-refractivity contribution in [3.63, 3.8) is 0 Å². The number of hydrogen-bond acceptors (Lipinski definition) is 6. The molecule has 2 N–H and O–H groups in total. The molecule has 9 nitrogen and oxygen atoms in total. The van der Waals surface area contributed by atoms with Crippen LogP contribution in [0.1, 0.15) is 17.3 Å². The van der Waals surface area contributed by atoms with Crippen LogP contribution in [0.3, 0.4) is 0 Å². The lowest BCUT2D eigenvalue weighted by molar-refractivity contribution is 0.102. The minimum absolute atomic E-state index is 0.0518. The first-order valence-electron chi connectivity index (χ1n) is 10.3. The van der Waals surface area contributed by atoms with Crippen molar-refractivity contribution in [3.05, 3.63) is 78.4 Å². The highest BCUT2D eigenvalue weighted by Gasteiger charge is 2.17. The van der Waals surface area contributed by atoms with Gasteiger partial charge in [0.25, 0.3) is 15.9 Å². The summed E-state index contributed by atoms with van der Waals surface area (Å²) >= 11 is 0. The van der Waals surface area contributed by atoms with Crippen LogP contribution in [0.15, 0.2) is 77.7 Å². The molecule has 0 unspecified atom stereocenters. The van der Waals surface area contributed by atoms with E-state index in [0.29, 0.717) is 29.4 Å². The number of rotatable bonds is 8. The Morgan fingerprint density at radius 1 is 0.941 bits per heavy atom. The Balaban J connectivity index is 1.71. The molecule has 3 aromatic rings. The minimum Gasteiger partial charge on any atom is -0.494 e. The molecule has 2 amide bonds. The van der Waals surface area contributed by atoms with Gasteiger partial charge in [-0.15, -0.1) is 0 Å². The number of carbonyl (C=O) groups is 2. The number of benzene rings is 3. The number of nitrogens with one attached hydrogen (secondary N) is 2. The monoisotopic (exact) mass is 483 g/mol. The minimum atomic E-state index is -3.91. The van der Waals surface area contributed by atoms with E-state index in [9.17, 15) is 18.0 Å². The molecule has 0 aliphatic carbocycles. The summed E-state index contributed by atoms with van der Waals surface area (Å²) < 4.78 is 38.1. The third-order valence-corrected chi connectivity index (χ3v) is 6.16. The maximum Gasteiger partial charge on any atom is 0.413 e. The van der Waals surface area contributed by atoms with E-state index in [1.54, 1.807) is 55.6 Å². The van der Waals surface area contributed by atoms with Gasteiger partial charge in [-0.05, 0) is 73.7 Å². The van der Waals surface area contributed by atoms with Crippen molar-refractivity contribution in [3.8, 4) is 5.75 Å². The number of sulfonamides is 1. The smallest absolute Gasteiger partial charge is 0.413 e. The molecule has 0 heterocycles. The fourth-order valence-corrected chi connectivity index (χ4v) is 4.12. The fraction of sp³-hybridized carbons (Fsp3) is 0.167. The topological polar surface area (TPSA) is 114 Å². The van der Waals surface area contributed by atoms with E-state index < -0.39 is 22.0 Å². The molecular weight excluding hydrogens is 458 g/mol. The summed E-state index contributed by atoms with van der Waals surface area (Å²) in [6, 6.07) is 18.8. The molecule has 10 heteroatoms. The van der Waals surface area contributed by atoms with E-state index in [0.717, 1.165) is 0 Å². The summed E-state index contributed by atoms with van der Waals surface area (Å²) in [5.41, 5.74) is 1.60. The quantitative estimate of drug-likeness (QED) is 0.493. The van der Waals surface area contributed by atoms with E-state index in [2.05, 4.69) is 14.8 Å². The van der Waals surface area contributed by atoms with Crippen LogP contribution in [-0.2, 0) is 14.8 Å². The lowest BCUT2D eigenvalue weighted by atomic mass is 10.2. The highest BCUT2D eigenvalue weighted by atomic mass is 32.2. The lowest BCUT2D eigenvalue weighted by Gasteiger charge is -2.16. The van der Waals surface area contributed by atoms with Crippen molar-refractivity contribution in [2.24, 2.45) is 0 Å². The highest BCUT2D eigenvalue weighted by molar-refractivity contribution is 7.92. The molecule has 178 valence electrons. The highest BCUT2D eigenvalue weighted by Crippen LogP contribution is 2.22. The predicted octanol–water partition coefficient (Wildman–Crippen LogP) is 4.34. The molecule has 0 aliphatic heterocycles. The number of hydrogen-bond donors (Lipinski definition) is 2. The van der Waals surface area contributed by atoms with Crippen molar-refractivity contribution >= 4 is 39.1 Å². The molecule has 0 radical (unpaired) electrons. The van der Waals surface area contributed by atoms with Crippen molar-refractivity contribution in [2.45, 2.75) is 11.8 Å². The molecule has 0 fully saturated rings. The lowest BCUT2D eigenvalue weighted by Crippen LogP contribution is -2.25. The van der Waals surface area contributed by atoms with Crippen LogP contribution in [0.2, 0.25) is 0 Å². The van der Waals surface area contributed by atoms with Gasteiger partial charge in [0.05, 0.1) is 18.6 Å². The Morgan fingerprint density at radius 3 is 2.21 bits per heavy atom. The average molecular weight is 484 g/mol. The maximum atomic E-state index is 12.8.